The number of amides is 1. The number of carbonyl (C=O) groups is 1. The third-order valence-electron chi connectivity index (χ3n) is 4.68. The van der Waals surface area contributed by atoms with Crippen molar-refractivity contribution in [3.05, 3.63) is 47.9 Å². The van der Waals surface area contributed by atoms with Gasteiger partial charge in [-0.2, -0.15) is 0 Å². The Morgan fingerprint density at radius 3 is 2.24 bits per heavy atom. The van der Waals surface area contributed by atoms with E-state index in [1.165, 1.54) is 0 Å². The number of benzene rings is 1. The Balaban J connectivity index is 2.93. The third kappa shape index (κ3) is 9.35. The first-order valence-corrected chi connectivity index (χ1v) is 10.5. The number of rotatable bonds is 11. The standard InChI is InChI=1S/C24H40N2O3/c1-9-13-23(29-24(4,5)6)26(8)21(16-22(27)25(7)19(2)3)18-28-17-20-14-11-10-12-15-20/h10-15,19,21H,9,16-18H2,1-8H3/b23-13-. The fourth-order valence-corrected chi connectivity index (χ4v) is 2.75. The summed E-state index contributed by atoms with van der Waals surface area (Å²) >= 11 is 0. The summed E-state index contributed by atoms with van der Waals surface area (Å²) in [7, 11) is 3.83. The molecule has 0 aliphatic heterocycles. The lowest BCUT2D eigenvalue weighted by Crippen LogP contribution is -2.43. The highest BCUT2D eigenvalue weighted by Gasteiger charge is 2.26. The van der Waals surface area contributed by atoms with Crippen LogP contribution in [-0.2, 0) is 20.9 Å². The maximum atomic E-state index is 12.8. The first-order valence-electron chi connectivity index (χ1n) is 10.5. The molecular formula is C24H40N2O3. The van der Waals surface area contributed by atoms with Crippen molar-refractivity contribution in [2.75, 3.05) is 20.7 Å². The lowest BCUT2D eigenvalue weighted by atomic mass is 10.1. The van der Waals surface area contributed by atoms with Crippen molar-refractivity contribution in [3.8, 4) is 0 Å². The molecule has 5 nitrogen and oxygen atoms in total. The van der Waals surface area contributed by atoms with Gasteiger partial charge in [-0.3, -0.25) is 4.79 Å². The van der Waals surface area contributed by atoms with Crippen molar-refractivity contribution in [2.24, 2.45) is 0 Å². The Morgan fingerprint density at radius 1 is 1.10 bits per heavy atom. The first kappa shape index (κ1) is 25.0. The van der Waals surface area contributed by atoms with Crippen LogP contribution in [0, 0.1) is 0 Å². The number of nitrogens with zero attached hydrogens (tertiary/aromatic N) is 2. The van der Waals surface area contributed by atoms with Crippen molar-refractivity contribution in [1.29, 1.82) is 0 Å². The minimum absolute atomic E-state index is 0.103. The summed E-state index contributed by atoms with van der Waals surface area (Å²) in [5.74, 6) is 0.889. The lowest BCUT2D eigenvalue weighted by Gasteiger charge is -2.35. The fraction of sp³-hybridized carbons (Fsp3) is 0.625. The highest BCUT2D eigenvalue weighted by atomic mass is 16.5. The normalized spacial score (nSPS) is 13.3. The van der Waals surface area contributed by atoms with E-state index in [0.717, 1.165) is 17.9 Å². The summed E-state index contributed by atoms with van der Waals surface area (Å²) in [6, 6.07) is 10.1. The Hall–Kier alpha value is -2.01. The summed E-state index contributed by atoms with van der Waals surface area (Å²) in [5, 5.41) is 0. The Labute approximate surface area is 177 Å². The molecule has 0 aliphatic carbocycles. The number of ether oxygens (including phenoxy) is 2. The van der Waals surface area contributed by atoms with E-state index in [0.29, 0.717) is 19.6 Å². The van der Waals surface area contributed by atoms with Gasteiger partial charge in [0.25, 0.3) is 0 Å². The van der Waals surface area contributed by atoms with Crippen molar-refractivity contribution in [3.63, 3.8) is 0 Å². The van der Waals surface area contributed by atoms with Gasteiger partial charge >= 0.3 is 0 Å². The monoisotopic (exact) mass is 404 g/mol. The zero-order valence-corrected chi connectivity index (χ0v) is 19.6. The topological polar surface area (TPSA) is 42.0 Å². The van der Waals surface area contributed by atoms with Crippen LogP contribution in [0.2, 0.25) is 0 Å². The van der Waals surface area contributed by atoms with E-state index >= 15 is 0 Å². The quantitative estimate of drug-likeness (QED) is 0.496. The molecule has 0 saturated carbocycles. The molecule has 164 valence electrons. The van der Waals surface area contributed by atoms with Crippen LogP contribution >= 0.6 is 0 Å². The van der Waals surface area contributed by atoms with Gasteiger partial charge in [-0.15, -0.1) is 0 Å². The zero-order chi connectivity index (χ0) is 22.0. The summed E-state index contributed by atoms with van der Waals surface area (Å²) in [5.41, 5.74) is 0.804. The fourth-order valence-electron chi connectivity index (χ4n) is 2.75. The molecule has 0 saturated heterocycles. The van der Waals surface area contributed by atoms with Gasteiger partial charge in [0.2, 0.25) is 5.91 Å². The molecule has 0 aromatic heterocycles. The van der Waals surface area contributed by atoms with Crippen LogP contribution < -0.4 is 0 Å². The molecule has 1 rings (SSSR count). The summed E-state index contributed by atoms with van der Waals surface area (Å²) < 4.78 is 12.2. The molecule has 1 aromatic carbocycles. The van der Waals surface area contributed by atoms with E-state index in [2.05, 4.69) is 13.0 Å². The molecule has 0 heterocycles. The van der Waals surface area contributed by atoms with Gasteiger partial charge in [-0.25, -0.2) is 0 Å². The molecule has 1 unspecified atom stereocenters. The van der Waals surface area contributed by atoms with Crippen LogP contribution in [0.25, 0.3) is 0 Å². The number of likely N-dealkylation sites (N-methyl/N-ethyl adjacent to an activating group) is 1. The Morgan fingerprint density at radius 2 is 1.72 bits per heavy atom. The van der Waals surface area contributed by atoms with Gasteiger partial charge in [0, 0.05) is 26.6 Å². The highest BCUT2D eigenvalue weighted by Crippen LogP contribution is 2.21. The van der Waals surface area contributed by atoms with E-state index in [9.17, 15) is 4.79 Å². The highest BCUT2D eigenvalue weighted by molar-refractivity contribution is 5.76. The zero-order valence-electron chi connectivity index (χ0n) is 19.6. The molecule has 1 atom stereocenters. The molecule has 0 bridgehead atoms. The molecule has 1 aromatic rings. The number of allylic oxidation sites excluding steroid dienone is 1. The van der Waals surface area contributed by atoms with Crippen molar-refractivity contribution in [2.45, 2.75) is 78.7 Å². The lowest BCUT2D eigenvalue weighted by molar-refractivity contribution is -0.133. The van der Waals surface area contributed by atoms with Crippen molar-refractivity contribution in [1.82, 2.24) is 9.80 Å². The molecule has 29 heavy (non-hydrogen) atoms. The Bertz CT molecular complexity index is 635. The van der Waals surface area contributed by atoms with Crippen molar-refractivity contribution >= 4 is 5.91 Å². The van der Waals surface area contributed by atoms with E-state index in [1.807, 2.05) is 83.9 Å². The number of hydrogen-bond donors (Lipinski definition) is 0. The maximum Gasteiger partial charge on any atom is 0.224 e. The third-order valence-corrected chi connectivity index (χ3v) is 4.68. The second-order valence-corrected chi connectivity index (χ2v) is 8.73. The molecular weight excluding hydrogens is 364 g/mol. The second kappa shape index (κ2) is 11.9. The minimum Gasteiger partial charge on any atom is -0.474 e. The van der Waals surface area contributed by atoms with E-state index in [1.54, 1.807) is 4.90 Å². The second-order valence-electron chi connectivity index (χ2n) is 8.73. The SMILES string of the molecule is CC/C=C(\OC(C)(C)C)N(C)C(COCc1ccccc1)CC(=O)N(C)C(C)C. The van der Waals surface area contributed by atoms with Crippen LogP contribution in [0.3, 0.4) is 0 Å². The van der Waals surface area contributed by atoms with Gasteiger partial charge < -0.3 is 19.3 Å². The summed E-state index contributed by atoms with van der Waals surface area (Å²) in [6.45, 7) is 13.2. The number of hydrogen-bond acceptors (Lipinski definition) is 4. The van der Waals surface area contributed by atoms with E-state index < -0.39 is 0 Å². The van der Waals surface area contributed by atoms with Gasteiger partial charge in [0.05, 0.1) is 19.3 Å². The minimum atomic E-state index is -0.316. The Kier molecular flexibility index (Phi) is 10.2. The predicted molar refractivity (Wildman–Crippen MR) is 119 cm³/mol. The largest absolute Gasteiger partial charge is 0.474 e. The van der Waals surface area contributed by atoms with Crippen LogP contribution in [0.4, 0.5) is 0 Å². The van der Waals surface area contributed by atoms with E-state index in [4.69, 9.17) is 9.47 Å². The van der Waals surface area contributed by atoms with Crippen LogP contribution in [0.5, 0.6) is 0 Å². The molecule has 0 spiro atoms. The smallest absolute Gasteiger partial charge is 0.224 e. The van der Waals surface area contributed by atoms with Gasteiger partial charge in [-0.1, -0.05) is 37.3 Å². The molecule has 0 fully saturated rings. The summed E-state index contributed by atoms with van der Waals surface area (Å²) in [4.78, 5) is 16.6. The predicted octanol–water partition coefficient (Wildman–Crippen LogP) is 4.83. The van der Waals surface area contributed by atoms with Crippen LogP contribution in [0.15, 0.2) is 42.3 Å². The average Bonchev–Trinajstić information content (AvgIpc) is 2.65. The van der Waals surface area contributed by atoms with E-state index in [-0.39, 0.29) is 23.6 Å². The van der Waals surface area contributed by atoms with Gasteiger partial charge in [0.15, 0.2) is 5.88 Å². The molecule has 0 aliphatic rings. The number of carbonyl (C=O) groups excluding carboxylic acids is 1. The van der Waals surface area contributed by atoms with Crippen molar-refractivity contribution < 1.29 is 14.3 Å². The van der Waals surface area contributed by atoms with Gasteiger partial charge in [-0.05, 0) is 52.7 Å². The first-order chi connectivity index (χ1) is 13.5. The maximum absolute atomic E-state index is 12.8. The molecule has 0 N–H and O–H groups in total. The van der Waals surface area contributed by atoms with Gasteiger partial charge in [0.1, 0.15) is 5.60 Å². The average molecular weight is 405 g/mol. The molecule has 5 heteroatoms. The summed E-state index contributed by atoms with van der Waals surface area (Å²) in [6.07, 6.45) is 3.29. The molecule has 1 amide bonds. The molecule has 0 radical (unpaired) electrons. The van der Waals surface area contributed by atoms with Crippen LogP contribution in [-0.4, -0.2) is 54.1 Å². The van der Waals surface area contributed by atoms with Crippen LogP contribution in [0.1, 0.15) is 59.9 Å².